The fourth-order valence-corrected chi connectivity index (χ4v) is 2.31. The molecule has 1 heterocycles. The van der Waals surface area contributed by atoms with Crippen molar-refractivity contribution < 1.29 is 13.9 Å². The molecule has 2 rings (SSSR count). The van der Waals surface area contributed by atoms with Crippen LogP contribution in [0, 0.1) is 5.82 Å². The van der Waals surface area contributed by atoms with Gasteiger partial charge < -0.3 is 14.2 Å². The van der Waals surface area contributed by atoms with Crippen LogP contribution in [0.25, 0.3) is 0 Å². The molecule has 0 aliphatic rings. The Morgan fingerprint density at radius 3 is 2.74 bits per heavy atom. The van der Waals surface area contributed by atoms with Crippen molar-refractivity contribution in [2.24, 2.45) is 0 Å². The standard InChI is InChI=1S/C17H22FN3O2/c1-3-17(22)21(10-11-23-2)13-16-19-8-9-20(16)12-14-4-6-15(18)7-5-14/h4-9H,3,10-13H2,1-2H3. The highest BCUT2D eigenvalue weighted by Gasteiger charge is 2.15. The quantitative estimate of drug-likeness (QED) is 0.751. The van der Waals surface area contributed by atoms with Crippen LogP contribution in [0.4, 0.5) is 4.39 Å². The van der Waals surface area contributed by atoms with Gasteiger partial charge in [0.2, 0.25) is 5.91 Å². The number of rotatable bonds is 8. The average Bonchev–Trinajstić information content (AvgIpc) is 2.99. The molecule has 0 saturated heterocycles. The number of methoxy groups -OCH3 is 1. The number of ether oxygens (including phenoxy) is 1. The summed E-state index contributed by atoms with van der Waals surface area (Å²) in [4.78, 5) is 18.1. The molecule has 0 aliphatic heterocycles. The highest BCUT2D eigenvalue weighted by Crippen LogP contribution is 2.10. The van der Waals surface area contributed by atoms with Crippen molar-refractivity contribution in [1.29, 1.82) is 0 Å². The largest absolute Gasteiger partial charge is 0.383 e. The second kappa shape index (κ2) is 8.43. The first kappa shape index (κ1) is 17.1. The summed E-state index contributed by atoms with van der Waals surface area (Å²) >= 11 is 0. The lowest BCUT2D eigenvalue weighted by molar-refractivity contribution is -0.132. The number of benzene rings is 1. The molecule has 0 unspecified atom stereocenters. The highest BCUT2D eigenvalue weighted by atomic mass is 19.1. The summed E-state index contributed by atoms with van der Waals surface area (Å²) in [6.07, 6.45) is 4.02. The summed E-state index contributed by atoms with van der Waals surface area (Å²) in [5, 5.41) is 0. The van der Waals surface area contributed by atoms with Crippen molar-refractivity contribution in [2.45, 2.75) is 26.4 Å². The zero-order valence-electron chi connectivity index (χ0n) is 13.5. The van der Waals surface area contributed by atoms with Crippen molar-refractivity contribution in [2.75, 3.05) is 20.3 Å². The average molecular weight is 319 g/mol. The van der Waals surface area contributed by atoms with Crippen LogP contribution in [0.3, 0.4) is 0 Å². The van der Waals surface area contributed by atoms with E-state index >= 15 is 0 Å². The number of nitrogens with zero attached hydrogens (tertiary/aromatic N) is 3. The first-order chi connectivity index (χ1) is 11.1. The fraction of sp³-hybridized carbons (Fsp3) is 0.412. The number of imidazole rings is 1. The summed E-state index contributed by atoms with van der Waals surface area (Å²) in [6.45, 7) is 3.89. The van der Waals surface area contributed by atoms with E-state index in [1.165, 1.54) is 12.1 Å². The minimum absolute atomic E-state index is 0.0679. The molecule has 124 valence electrons. The molecule has 0 radical (unpaired) electrons. The molecule has 0 saturated carbocycles. The number of hydrogen-bond donors (Lipinski definition) is 0. The van der Waals surface area contributed by atoms with Gasteiger partial charge in [0.1, 0.15) is 11.6 Å². The van der Waals surface area contributed by atoms with Gasteiger partial charge in [-0.2, -0.15) is 0 Å². The molecule has 0 N–H and O–H groups in total. The van der Waals surface area contributed by atoms with Gasteiger partial charge in [-0.05, 0) is 17.7 Å². The van der Waals surface area contributed by atoms with Crippen LogP contribution in [-0.2, 0) is 22.6 Å². The molecule has 0 aliphatic carbocycles. The van der Waals surface area contributed by atoms with E-state index in [0.717, 1.165) is 11.4 Å². The van der Waals surface area contributed by atoms with Gasteiger partial charge in [-0.15, -0.1) is 0 Å². The Bertz CT molecular complexity index is 625. The van der Waals surface area contributed by atoms with Crippen molar-refractivity contribution >= 4 is 5.91 Å². The van der Waals surface area contributed by atoms with Gasteiger partial charge in [0.15, 0.2) is 0 Å². The van der Waals surface area contributed by atoms with Crippen LogP contribution < -0.4 is 0 Å². The molecular formula is C17H22FN3O2. The first-order valence-electron chi connectivity index (χ1n) is 7.65. The van der Waals surface area contributed by atoms with Crippen LogP contribution in [0.1, 0.15) is 24.7 Å². The Labute approximate surface area is 135 Å². The summed E-state index contributed by atoms with van der Waals surface area (Å²) in [5.74, 6) is 0.615. The molecule has 0 fully saturated rings. The lowest BCUT2D eigenvalue weighted by Gasteiger charge is -2.22. The van der Waals surface area contributed by atoms with Gasteiger partial charge in [-0.1, -0.05) is 19.1 Å². The Balaban J connectivity index is 2.09. The van der Waals surface area contributed by atoms with Gasteiger partial charge in [-0.3, -0.25) is 4.79 Å². The SMILES string of the molecule is CCC(=O)N(CCOC)Cc1nccn1Cc1ccc(F)cc1. The van der Waals surface area contributed by atoms with Gasteiger partial charge in [0, 0.05) is 39.0 Å². The summed E-state index contributed by atoms with van der Waals surface area (Å²) in [7, 11) is 1.62. The Morgan fingerprint density at radius 2 is 2.09 bits per heavy atom. The van der Waals surface area contributed by atoms with Crippen molar-refractivity contribution in [3.63, 3.8) is 0 Å². The lowest BCUT2D eigenvalue weighted by Crippen LogP contribution is -2.34. The van der Waals surface area contributed by atoms with E-state index in [2.05, 4.69) is 4.98 Å². The molecule has 1 aromatic heterocycles. The van der Waals surface area contributed by atoms with E-state index in [-0.39, 0.29) is 11.7 Å². The molecule has 23 heavy (non-hydrogen) atoms. The highest BCUT2D eigenvalue weighted by molar-refractivity contribution is 5.75. The molecule has 0 bridgehead atoms. The maximum absolute atomic E-state index is 13.0. The monoisotopic (exact) mass is 319 g/mol. The predicted octanol–water partition coefficient (Wildman–Crippen LogP) is 2.46. The molecule has 0 atom stereocenters. The summed E-state index contributed by atoms with van der Waals surface area (Å²) in [5.41, 5.74) is 0.982. The smallest absolute Gasteiger partial charge is 0.222 e. The first-order valence-corrected chi connectivity index (χ1v) is 7.65. The second-order valence-electron chi connectivity index (χ2n) is 5.26. The predicted molar refractivity (Wildman–Crippen MR) is 85.3 cm³/mol. The van der Waals surface area contributed by atoms with E-state index in [0.29, 0.717) is 32.7 Å². The number of hydrogen-bond acceptors (Lipinski definition) is 3. The van der Waals surface area contributed by atoms with E-state index in [1.807, 2.05) is 17.7 Å². The van der Waals surface area contributed by atoms with Crippen LogP contribution in [0.15, 0.2) is 36.7 Å². The van der Waals surface area contributed by atoms with Gasteiger partial charge in [-0.25, -0.2) is 9.37 Å². The summed E-state index contributed by atoms with van der Waals surface area (Å²) < 4.78 is 20.0. The minimum atomic E-state index is -0.251. The Kier molecular flexibility index (Phi) is 6.29. The molecule has 1 aromatic carbocycles. The number of amides is 1. The van der Waals surface area contributed by atoms with E-state index in [1.54, 1.807) is 30.3 Å². The normalized spacial score (nSPS) is 10.7. The molecular weight excluding hydrogens is 297 g/mol. The summed E-state index contributed by atoms with van der Waals surface area (Å²) in [6, 6.07) is 6.38. The van der Waals surface area contributed by atoms with E-state index < -0.39 is 0 Å². The fourth-order valence-electron chi connectivity index (χ4n) is 2.31. The van der Waals surface area contributed by atoms with Crippen LogP contribution in [0.5, 0.6) is 0 Å². The minimum Gasteiger partial charge on any atom is -0.383 e. The van der Waals surface area contributed by atoms with Crippen molar-refractivity contribution in [3.05, 3.63) is 53.9 Å². The van der Waals surface area contributed by atoms with E-state index in [4.69, 9.17) is 4.74 Å². The third-order valence-corrected chi connectivity index (χ3v) is 3.62. The number of carbonyl (C=O) groups is 1. The molecule has 5 nitrogen and oxygen atoms in total. The third-order valence-electron chi connectivity index (χ3n) is 3.62. The molecule has 6 heteroatoms. The van der Waals surface area contributed by atoms with Gasteiger partial charge in [0.05, 0.1) is 13.2 Å². The van der Waals surface area contributed by atoms with Crippen LogP contribution >= 0.6 is 0 Å². The Hall–Kier alpha value is -2.21. The third kappa shape index (κ3) is 4.89. The molecule has 2 aromatic rings. The zero-order chi connectivity index (χ0) is 16.7. The topological polar surface area (TPSA) is 47.4 Å². The van der Waals surface area contributed by atoms with Crippen molar-refractivity contribution in [1.82, 2.24) is 14.5 Å². The Morgan fingerprint density at radius 1 is 1.35 bits per heavy atom. The zero-order valence-corrected chi connectivity index (χ0v) is 13.5. The number of carbonyl (C=O) groups excluding carboxylic acids is 1. The van der Waals surface area contributed by atoms with Crippen molar-refractivity contribution in [3.8, 4) is 0 Å². The van der Waals surface area contributed by atoms with Gasteiger partial charge in [0.25, 0.3) is 0 Å². The lowest BCUT2D eigenvalue weighted by atomic mass is 10.2. The number of halogens is 1. The van der Waals surface area contributed by atoms with Crippen LogP contribution in [0.2, 0.25) is 0 Å². The maximum Gasteiger partial charge on any atom is 0.222 e. The number of aromatic nitrogens is 2. The maximum atomic E-state index is 13.0. The second-order valence-corrected chi connectivity index (χ2v) is 5.26. The molecule has 0 spiro atoms. The molecule has 1 amide bonds. The van der Waals surface area contributed by atoms with Gasteiger partial charge >= 0.3 is 0 Å². The van der Waals surface area contributed by atoms with E-state index in [9.17, 15) is 9.18 Å². The van der Waals surface area contributed by atoms with Crippen LogP contribution in [-0.4, -0.2) is 40.6 Å².